The highest BCUT2D eigenvalue weighted by atomic mass is 16.6. The molecule has 0 bridgehead atoms. The van der Waals surface area contributed by atoms with Gasteiger partial charge in [0.05, 0.1) is 20.0 Å². The molecule has 0 aliphatic carbocycles. The number of rotatable bonds is 6. The Morgan fingerprint density at radius 1 is 1.11 bits per heavy atom. The molecule has 1 aromatic carbocycles. The molecule has 0 fully saturated rings. The molecule has 6 nitrogen and oxygen atoms in total. The number of carbonyl (C=O) groups is 3. The molecule has 0 saturated heterocycles. The summed E-state index contributed by atoms with van der Waals surface area (Å²) in [6, 6.07) is 8.11. The maximum absolute atomic E-state index is 11.5. The Morgan fingerprint density at radius 3 is 2.21 bits per heavy atom. The number of carboxylic acid groups (broad SMARTS) is 1. The number of benzene rings is 1. The van der Waals surface area contributed by atoms with Crippen LogP contribution in [0.3, 0.4) is 0 Å². The van der Waals surface area contributed by atoms with Gasteiger partial charge in [0.25, 0.3) is 0 Å². The Hall–Kier alpha value is -2.37. The minimum absolute atomic E-state index is 0.142. The third kappa shape index (κ3) is 4.79. The summed E-state index contributed by atoms with van der Waals surface area (Å²) in [7, 11) is 1.21. The molecular weight excluding hydrogens is 252 g/mol. The summed E-state index contributed by atoms with van der Waals surface area (Å²) in [4.78, 5) is 33.4. The fraction of sp³-hybridized carbons (Fsp3) is 0.308. The molecule has 6 heteroatoms. The van der Waals surface area contributed by atoms with E-state index < -0.39 is 24.0 Å². The predicted octanol–water partition coefficient (Wildman–Crippen LogP) is 1.31. The van der Waals surface area contributed by atoms with Crippen LogP contribution in [0.2, 0.25) is 0 Å². The Labute approximate surface area is 109 Å². The van der Waals surface area contributed by atoms with Crippen molar-refractivity contribution in [2.75, 3.05) is 7.11 Å². The van der Waals surface area contributed by atoms with Crippen molar-refractivity contribution in [1.82, 2.24) is 0 Å². The first-order valence-electron chi connectivity index (χ1n) is 5.58. The number of methoxy groups -OCH3 is 1. The standard InChI is InChI=1S/C13H14O6/c1-18-10(14)7-8-11(15)19-12(13(16)17)9-5-3-2-4-6-9/h2-6,12H,7-8H2,1H3,(H,16,17). The van der Waals surface area contributed by atoms with Crippen LogP contribution in [-0.4, -0.2) is 30.1 Å². The smallest absolute Gasteiger partial charge is 0.349 e. The number of aliphatic carboxylic acids is 1. The Kier molecular flexibility index (Phi) is 5.53. The third-order valence-corrected chi connectivity index (χ3v) is 2.34. The first kappa shape index (κ1) is 14.7. The highest BCUT2D eigenvalue weighted by molar-refractivity contribution is 5.81. The zero-order chi connectivity index (χ0) is 14.3. The van der Waals surface area contributed by atoms with Crippen LogP contribution >= 0.6 is 0 Å². The average molecular weight is 266 g/mol. The lowest BCUT2D eigenvalue weighted by atomic mass is 10.1. The molecule has 1 atom stereocenters. The van der Waals surface area contributed by atoms with Gasteiger partial charge in [-0.2, -0.15) is 0 Å². The van der Waals surface area contributed by atoms with Crippen LogP contribution in [0.5, 0.6) is 0 Å². The third-order valence-electron chi connectivity index (χ3n) is 2.34. The molecule has 0 aliphatic rings. The number of hydrogen-bond donors (Lipinski definition) is 1. The van der Waals surface area contributed by atoms with Crippen LogP contribution in [-0.2, 0) is 23.9 Å². The van der Waals surface area contributed by atoms with Gasteiger partial charge in [-0.15, -0.1) is 0 Å². The van der Waals surface area contributed by atoms with E-state index in [1.54, 1.807) is 30.3 Å². The number of esters is 2. The molecule has 1 aromatic rings. The van der Waals surface area contributed by atoms with Crippen molar-refractivity contribution >= 4 is 17.9 Å². The lowest BCUT2D eigenvalue weighted by Crippen LogP contribution is -2.20. The van der Waals surface area contributed by atoms with E-state index in [1.807, 2.05) is 0 Å². The molecule has 102 valence electrons. The van der Waals surface area contributed by atoms with E-state index in [0.29, 0.717) is 5.56 Å². The van der Waals surface area contributed by atoms with Crippen LogP contribution in [0, 0.1) is 0 Å². The number of hydrogen-bond acceptors (Lipinski definition) is 5. The molecule has 0 aromatic heterocycles. The van der Waals surface area contributed by atoms with Crippen LogP contribution < -0.4 is 0 Å². The first-order chi connectivity index (χ1) is 9.04. The van der Waals surface area contributed by atoms with Gasteiger partial charge in [-0.25, -0.2) is 4.79 Å². The van der Waals surface area contributed by atoms with Crippen LogP contribution in [0.1, 0.15) is 24.5 Å². The van der Waals surface area contributed by atoms with E-state index in [0.717, 1.165) is 0 Å². The highest BCUT2D eigenvalue weighted by Gasteiger charge is 2.24. The van der Waals surface area contributed by atoms with Gasteiger partial charge in [-0.05, 0) is 0 Å². The van der Waals surface area contributed by atoms with Crippen molar-refractivity contribution in [1.29, 1.82) is 0 Å². The minimum atomic E-state index is -1.37. The monoisotopic (exact) mass is 266 g/mol. The van der Waals surface area contributed by atoms with Gasteiger partial charge < -0.3 is 14.6 Å². The van der Waals surface area contributed by atoms with Gasteiger partial charge in [0.1, 0.15) is 0 Å². The van der Waals surface area contributed by atoms with Gasteiger partial charge in [0, 0.05) is 5.56 Å². The summed E-state index contributed by atoms with van der Waals surface area (Å²) in [5.74, 6) is -2.58. The van der Waals surface area contributed by atoms with Crippen molar-refractivity contribution in [2.45, 2.75) is 18.9 Å². The molecule has 19 heavy (non-hydrogen) atoms. The topological polar surface area (TPSA) is 89.9 Å². The maximum Gasteiger partial charge on any atom is 0.349 e. The van der Waals surface area contributed by atoms with Crippen LogP contribution in [0.15, 0.2) is 30.3 Å². The second-order valence-electron chi connectivity index (χ2n) is 3.69. The molecule has 1 rings (SSSR count). The summed E-state index contributed by atoms with van der Waals surface area (Å²) >= 11 is 0. The molecule has 0 spiro atoms. The maximum atomic E-state index is 11.5. The highest BCUT2D eigenvalue weighted by Crippen LogP contribution is 2.18. The van der Waals surface area contributed by atoms with Crippen molar-refractivity contribution in [2.24, 2.45) is 0 Å². The fourth-order valence-electron chi connectivity index (χ4n) is 1.39. The quantitative estimate of drug-likeness (QED) is 0.781. The summed E-state index contributed by atoms with van der Waals surface area (Å²) in [5, 5.41) is 9.03. The minimum Gasteiger partial charge on any atom is -0.478 e. The normalized spacial score (nSPS) is 11.4. The lowest BCUT2D eigenvalue weighted by molar-refractivity contribution is -0.165. The van der Waals surface area contributed by atoms with Crippen LogP contribution in [0.4, 0.5) is 0 Å². The molecule has 0 heterocycles. The summed E-state index contributed by atoms with van der Waals surface area (Å²) in [5.41, 5.74) is 0.362. The van der Waals surface area contributed by atoms with E-state index in [4.69, 9.17) is 9.84 Å². The number of carboxylic acids is 1. The van der Waals surface area contributed by atoms with Gasteiger partial charge in [0.2, 0.25) is 6.10 Å². The fourth-order valence-corrected chi connectivity index (χ4v) is 1.39. The van der Waals surface area contributed by atoms with Gasteiger partial charge in [-0.1, -0.05) is 30.3 Å². The Morgan fingerprint density at radius 2 is 1.68 bits per heavy atom. The zero-order valence-electron chi connectivity index (χ0n) is 10.4. The summed E-state index contributed by atoms with van der Waals surface area (Å²) < 4.78 is 9.22. The van der Waals surface area contributed by atoms with Crippen molar-refractivity contribution in [3.8, 4) is 0 Å². The zero-order valence-corrected chi connectivity index (χ0v) is 10.4. The van der Waals surface area contributed by atoms with Crippen molar-refractivity contribution < 1.29 is 29.0 Å². The molecule has 1 N–H and O–H groups in total. The van der Waals surface area contributed by atoms with E-state index in [9.17, 15) is 14.4 Å². The summed E-state index contributed by atoms with van der Waals surface area (Å²) in [6.45, 7) is 0. The number of carbonyl (C=O) groups excluding carboxylic acids is 2. The van der Waals surface area contributed by atoms with Crippen LogP contribution in [0.25, 0.3) is 0 Å². The van der Waals surface area contributed by atoms with E-state index in [2.05, 4.69) is 4.74 Å². The van der Waals surface area contributed by atoms with Gasteiger partial charge in [0.15, 0.2) is 0 Å². The lowest BCUT2D eigenvalue weighted by Gasteiger charge is -2.13. The van der Waals surface area contributed by atoms with Crippen molar-refractivity contribution in [3.05, 3.63) is 35.9 Å². The predicted molar refractivity (Wildman–Crippen MR) is 64.2 cm³/mol. The Balaban J connectivity index is 2.62. The first-order valence-corrected chi connectivity index (χ1v) is 5.58. The van der Waals surface area contributed by atoms with E-state index in [-0.39, 0.29) is 12.8 Å². The van der Waals surface area contributed by atoms with E-state index in [1.165, 1.54) is 7.11 Å². The van der Waals surface area contributed by atoms with E-state index >= 15 is 0 Å². The molecule has 1 unspecified atom stereocenters. The molecule has 0 aliphatic heterocycles. The molecular formula is C13H14O6. The SMILES string of the molecule is COC(=O)CCC(=O)OC(C(=O)O)c1ccccc1. The van der Waals surface area contributed by atoms with Gasteiger partial charge in [-0.3, -0.25) is 9.59 Å². The van der Waals surface area contributed by atoms with Crippen molar-refractivity contribution in [3.63, 3.8) is 0 Å². The second kappa shape index (κ2) is 7.15. The largest absolute Gasteiger partial charge is 0.478 e. The molecule has 0 radical (unpaired) electrons. The average Bonchev–Trinajstić information content (AvgIpc) is 2.42. The molecule has 0 saturated carbocycles. The number of ether oxygens (including phenoxy) is 2. The summed E-state index contributed by atoms with van der Waals surface area (Å²) in [6.07, 6.45) is -1.73. The second-order valence-corrected chi connectivity index (χ2v) is 3.69. The molecule has 0 amide bonds. The van der Waals surface area contributed by atoms with Gasteiger partial charge >= 0.3 is 17.9 Å². The Bertz CT molecular complexity index is 453.